The number of aliphatic imine (C=N–C) groups is 1. The van der Waals surface area contributed by atoms with Crippen LogP contribution in [0.4, 0.5) is 10.3 Å². The standard InChI is InChI=1S/C26H26FN7O/c1-16-10-18(6-7-21(16)19-8-9-29-17(2)11-19)13-30-26-31-14-20(33(26)4)12-23(28-3)24-22(27)15-32-34(5)25(24)35/h6-12,14-15H,3,13H2,1-2,4-5H3,(H,30,31)/b23-12-. The predicted octanol–water partition coefficient (Wildman–Crippen LogP) is 4.14. The second-order valence-corrected chi connectivity index (χ2v) is 8.24. The van der Waals surface area contributed by atoms with Gasteiger partial charge in [0, 0.05) is 32.5 Å². The minimum absolute atomic E-state index is 0.109. The summed E-state index contributed by atoms with van der Waals surface area (Å²) < 4.78 is 17.2. The molecule has 4 rings (SSSR count). The Labute approximate surface area is 202 Å². The smallest absolute Gasteiger partial charge is 0.278 e. The molecule has 0 bridgehead atoms. The van der Waals surface area contributed by atoms with Crippen molar-refractivity contribution in [1.82, 2.24) is 24.3 Å². The Morgan fingerprint density at radius 2 is 1.97 bits per heavy atom. The van der Waals surface area contributed by atoms with Crippen LogP contribution in [0.3, 0.4) is 0 Å². The maximum atomic E-state index is 14.3. The highest BCUT2D eigenvalue weighted by Gasteiger charge is 2.15. The van der Waals surface area contributed by atoms with Crippen molar-refractivity contribution in [3.05, 3.63) is 93.2 Å². The molecule has 35 heavy (non-hydrogen) atoms. The molecule has 0 saturated carbocycles. The number of hydrogen-bond donors (Lipinski definition) is 1. The van der Waals surface area contributed by atoms with E-state index in [0.29, 0.717) is 18.2 Å². The normalized spacial score (nSPS) is 11.5. The van der Waals surface area contributed by atoms with Crippen LogP contribution in [0.25, 0.3) is 22.9 Å². The fourth-order valence-electron chi connectivity index (χ4n) is 3.86. The van der Waals surface area contributed by atoms with Gasteiger partial charge in [-0.15, -0.1) is 0 Å². The lowest BCUT2D eigenvalue weighted by Gasteiger charge is -2.11. The van der Waals surface area contributed by atoms with Gasteiger partial charge in [0.05, 0.1) is 23.8 Å². The fourth-order valence-corrected chi connectivity index (χ4v) is 3.86. The monoisotopic (exact) mass is 471 g/mol. The first-order valence-electron chi connectivity index (χ1n) is 11.0. The van der Waals surface area contributed by atoms with E-state index in [0.717, 1.165) is 27.7 Å². The molecule has 1 N–H and O–H groups in total. The summed E-state index contributed by atoms with van der Waals surface area (Å²) >= 11 is 0. The molecule has 0 aliphatic heterocycles. The molecule has 3 aromatic heterocycles. The molecule has 0 radical (unpaired) electrons. The summed E-state index contributed by atoms with van der Waals surface area (Å²) in [5, 5.41) is 7.00. The quantitative estimate of drug-likeness (QED) is 0.409. The summed E-state index contributed by atoms with van der Waals surface area (Å²) in [5.41, 5.74) is 5.52. The van der Waals surface area contributed by atoms with E-state index < -0.39 is 11.4 Å². The van der Waals surface area contributed by atoms with Gasteiger partial charge in [-0.3, -0.25) is 14.8 Å². The minimum atomic E-state index is -0.756. The van der Waals surface area contributed by atoms with Crippen LogP contribution >= 0.6 is 0 Å². The number of aryl methyl sites for hydroxylation is 3. The van der Waals surface area contributed by atoms with Crippen molar-refractivity contribution in [3.63, 3.8) is 0 Å². The first kappa shape index (κ1) is 23.7. The van der Waals surface area contributed by atoms with Gasteiger partial charge in [-0.05, 0) is 61.0 Å². The molecule has 0 aliphatic carbocycles. The maximum Gasteiger partial charge on any atom is 0.278 e. The van der Waals surface area contributed by atoms with Gasteiger partial charge in [-0.1, -0.05) is 18.2 Å². The molecule has 3 heterocycles. The van der Waals surface area contributed by atoms with Crippen LogP contribution in [0.1, 0.15) is 28.1 Å². The van der Waals surface area contributed by atoms with Crippen LogP contribution in [-0.2, 0) is 20.6 Å². The molecule has 0 unspecified atom stereocenters. The number of anilines is 1. The first-order chi connectivity index (χ1) is 16.8. The number of hydrogen-bond acceptors (Lipinski definition) is 6. The number of pyridine rings is 1. The summed E-state index contributed by atoms with van der Waals surface area (Å²) in [5.74, 6) is -0.137. The Balaban J connectivity index is 1.54. The highest BCUT2D eigenvalue weighted by atomic mass is 19.1. The summed E-state index contributed by atoms with van der Waals surface area (Å²) in [7, 11) is 3.27. The number of nitrogens with zero attached hydrogens (tertiary/aromatic N) is 6. The molecule has 0 saturated heterocycles. The van der Waals surface area contributed by atoms with Gasteiger partial charge >= 0.3 is 0 Å². The van der Waals surface area contributed by atoms with E-state index in [1.54, 1.807) is 16.8 Å². The summed E-state index contributed by atoms with van der Waals surface area (Å²) in [6, 6.07) is 10.4. The number of aromatic nitrogens is 5. The predicted molar refractivity (Wildman–Crippen MR) is 137 cm³/mol. The fraction of sp³-hybridized carbons (Fsp3) is 0.192. The molecule has 0 fully saturated rings. The average Bonchev–Trinajstić information content (AvgIpc) is 3.18. The van der Waals surface area contributed by atoms with Crippen molar-refractivity contribution in [2.45, 2.75) is 20.4 Å². The van der Waals surface area contributed by atoms with Crippen LogP contribution in [0, 0.1) is 19.7 Å². The van der Waals surface area contributed by atoms with Crippen LogP contribution in [0.2, 0.25) is 0 Å². The van der Waals surface area contributed by atoms with Gasteiger partial charge in [0.25, 0.3) is 5.56 Å². The van der Waals surface area contributed by atoms with E-state index in [-0.39, 0.29) is 11.3 Å². The lowest BCUT2D eigenvalue weighted by molar-refractivity contribution is 0.581. The zero-order valence-electron chi connectivity index (χ0n) is 20.1. The van der Waals surface area contributed by atoms with Crippen molar-refractivity contribution >= 4 is 24.4 Å². The molecule has 0 atom stereocenters. The number of rotatable bonds is 7. The molecule has 0 aliphatic rings. The van der Waals surface area contributed by atoms with Gasteiger partial charge in [0.2, 0.25) is 5.95 Å². The van der Waals surface area contributed by atoms with Gasteiger partial charge in [0.1, 0.15) is 5.56 Å². The first-order valence-corrected chi connectivity index (χ1v) is 11.0. The van der Waals surface area contributed by atoms with Gasteiger partial charge in [-0.25, -0.2) is 14.1 Å². The van der Waals surface area contributed by atoms with E-state index in [9.17, 15) is 9.18 Å². The summed E-state index contributed by atoms with van der Waals surface area (Å²) in [6.07, 6.45) is 5.99. The lowest BCUT2D eigenvalue weighted by atomic mass is 9.98. The Morgan fingerprint density at radius 1 is 1.17 bits per heavy atom. The minimum Gasteiger partial charge on any atom is -0.352 e. The second-order valence-electron chi connectivity index (χ2n) is 8.24. The number of benzene rings is 1. The van der Waals surface area contributed by atoms with Crippen molar-refractivity contribution in [3.8, 4) is 11.1 Å². The SMILES string of the molecule is C=N/C(=C\c1cnc(NCc2ccc(-c3ccnc(C)c3)c(C)c2)n1C)c1c(F)cnn(C)c1=O. The third-order valence-electron chi connectivity index (χ3n) is 5.78. The highest BCUT2D eigenvalue weighted by Crippen LogP contribution is 2.25. The molecule has 1 aromatic carbocycles. The molecular formula is C26H26FN7O. The largest absolute Gasteiger partial charge is 0.352 e. The van der Waals surface area contributed by atoms with E-state index in [1.807, 2.05) is 26.2 Å². The Hall–Kier alpha value is -4.40. The zero-order chi connectivity index (χ0) is 25.1. The molecule has 0 amide bonds. The second kappa shape index (κ2) is 9.84. The number of imidazole rings is 1. The Morgan fingerprint density at radius 3 is 2.69 bits per heavy atom. The van der Waals surface area contributed by atoms with Crippen molar-refractivity contribution in [2.75, 3.05) is 5.32 Å². The Bertz CT molecular complexity index is 1500. The molecule has 9 heteroatoms. The Kier molecular flexibility index (Phi) is 6.68. The van der Waals surface area contributed by atoms with Crippen LogP contribution in [0.5, 0.6) is 0 Å². The molecule has 4 aromatic rings. The highest BCUT2D eigenvalue weighted by molar-refractivity contribution is 5.81. The average molecular weight is 472 g/mol. The topological polar surface area (TPSA) is 90.0 Å². The van der Waals surface area contributed by atoms with Crippen molar-refractivity contribution in [1.29, 1.82) is 0 Å². The van der Waals surface area contributed by atoms with E-state index >= 15 is 0 Å². The number of halogens is 1. The van der Waals surface area contributed by atoms with Gasteiger partial charge in [0.15, 0.2) is 5.82 Å². The zero-order valence-corrected chi connectivity index (χ0v) is 20.1. The summed E-state index contributed by atoms with van der Waals surface area (Å²) in [6.45, 7) is 8.13. The van der Waals surface area contributed by atoms with E-state index in [2.05, 4.69) is 63.3 Å². The molecule has 0 spiro atoms. The molecule has 8 nitrogen and oxygen atoms in total. The third-order valence-corrected chi connectivity index (χ3v) is 5.78. The van der Waals surface area contributed by atoms with Gasteiger partial charge in [-0.2, -0.15) is 5.10 Å². The maximum absolute atomic E-state index is 14.3. The van der Waals surface area contributed by atoms with E-state index in [1.165, 1.54) is 18.2 Å². The van der Waals surface area contributed by atoms with Crippen molar-refractivity contribution < 1.29 is 4.39 Å². The third kappa shape index (κ3) is 4.93. The van der Waals surface area contributed by atoms with Crippen molar-refractivity contribution in [2.24, 2.45) is 19.1 Å². The molecular weight excluding hydrogens is 445 g/mol. The lowest BCUT2D eigenvalue weighted by Crippen LogP contribution is -2.24. The van der Waals surface area contributed by atoms with Crippen LogP contribution < -0.4 is 10.9 Å². The number of nitrogens with one attached hydrogen (secondary N) is 1. The van der Waals surface area contributed by atoms with Crippen LogP contribution in [-0.4, -0.2) is 31.0 Å². The van der Waals surface area contributed by atoms with E-state index in [4.69, 9.17) is 0 Å². The van der Waals surface area contributed by atoms with Crippen LogP contribution in [0.15, 0.2) is 58.7 Å². The van der Waals surface area contributed by atoms with Gasteiger partial charge < -0.3 is 9.88 Å². The molecule has 178 valence electrons. The summed E-state index contributed by atoms with van der Waals surface area (Å²) in [4.78, 5) is 24.9.